The van der Waals surface area contributed by atoms with E-state index in [0.717, 1.165) is 76.0 Å². The summed E-state index contributed by atoms with van der Waals surface area (Å²) < 4.78 is 20.2. The smallest absolute Gasteiger partial charge is 0.352 e. The molecule has 0 bridgehead atoms. The summed E-state index contributed by atoms with van der Waals surface area (Å²) in [6.07, 6.45) is 1.66. The van der Waals surface area contributed by atoms with Crippen LogP contribution in [0.4, 0.5) is 5.69 Å². The molecule has 5 aromatic rings. The van der Waals surface area contributed by atoms with Gasteiger partial charge in [-0.15, -0.1) is 0 Å². The SMILES string of the molecule is CCC(=O)N1CCN(c2ccc(OCC(=NC)/C(=C(/C)N)c3cccc4c(CCCOc5cccc6ccccc56)c(C(=O)O)n(CCN5CCOCC5)c34)cc2)CC1. The second kappa shape index (κ2) is 19.3. The highest BCUT2D eigenvalue weighted by Gasteiger charge is 2.27. The Labute approximate surface area is 346 Å². The van der Waals surface area contributed by atoms with Crippen molar-refractivity contribution in [3.63, 3.8) is 0 Å². The third kappa shape index (κ3) is 9.40. The van der Waals surface area contributed by atoms with Crippen LogP contribution in [-0.4, -0.2) is 116 Å². The lowest BCUT2D eigenvalue weighted by Crippen LogP contribution is -2.48. The number of aryl methyl sites for hydroxylation is 1. The first-order chi connectivity index (χ1) is 28.8. The molecule has 0 aliphatic carbocycles. The van der Waals surface area contributed by atoms with E-state index >= 15 is 0 Å². The molecule has 310 valence electrons. The number of fused-ring (bicyclic) bond motifs is 2. The summed E-state index contributed by atoms with van der Waals surface area (Å²) in [5, 5.41) is 13.9. The molecule has 4 aromatic carbocycles. The number of morpholine rings is 1. The van der Waals surface area contributed by atoms with Gasteiger partial charge >= 0.3 is 5.97 Å². The van der Waals surface area contributed by atoms with Crippen molar-refractivity contribution in [1.29, 1.82) is 0 Å². The highest BCUT2D eigenvalue weighted by atomic mass is 16.5. The van der Waals surface area contributed by atoms with E-state index in [0.29, 0.717) is 82.4 Å². The van der Waals surface area contributed by atoms with E-state index in [1.165, 1.54) is 0 Å². The molecule has 12 nitrogen and oxygen atoms in total. The summed E-state index contributed by atoms with van der Waals surface area (Å²) in [4.78, 5) is 36.7. The van der Waals surface area contributed by atoms with Crippen molar-refractivity contribution in [2.45, 2.75) is 39.7 Å². The minimum Gasteiger partial charge on any atom is -0.493 e. The summed E-state index contributed by atoms with van der Waals surface area (Å²) in [5.41, 5.74) is 12.4. The van der Waals surface area contributed by atoms with E-state index in [2.05, 4.69) is 28.0 Å². The molecule has 7 rings (SSSR count). The number of nitrogens with two attached hydrogens (primary N) is 1. The molecule has 59 heavy (non-hydrogen) atoms. The predicted molar refractivity (Wildman–Crippen MR) is 235 cm³/mol. The Morgan fingerprint density at radius 1 is 0.847 bits per heavy atom. The molecule has 2 aliphatic rings. The Kier molecular flexibility index (Phi) is 13.5. The highest BCUT2D eigenvalue weighted by Crippen LogP contribution is 2.35. The zero-order valence-electron chi connectivity index (χ0n) is 34.5. The van der Waals surface area contributed by atoms with Crippen LogP contribution >= 0.6 is 0 Å². The van der Waals surface area contributed by atoms with E-state index in [1.54, 1.807) is 7.05 Å². The number of amides is 1. The fourth-order valence-electron chi connectivity index (χ4n) is 8.41. The number of benzene rings is 4. The van der Waals surface area contributed by atoms with Crippen LogP contribution in [0.2, 0.25) is 0 Å². The number of aromatic carboxylic acids is 1. The zero-order chi connectivity index (χ0) is 41.3. The number of hydrogen-bond donors (Lipinski definition) is 2. The molecule has 2 fully saturated rings. The van der Waals surface area contributed by atoms with Crippen molar-refractivity contribution in [2.24, 2.45) is 10.7 Å². The van der Waals surface area contributed by atoms with Gasteiger partial charge in [0, 0.05) is 99.1 Å². The number of anilines is 1. The van der Waals surface area contributed by atoms with E-state index < -0.39 is 5.97 Å². The Morgan fingerprint density at radius 3 is 2.27 bits per heavy atom. The van der Waals surface area contributed by atoms with Crippen molar-refractivity contribution in [2.75, 3.05) is 84.2 Å². The first-order valence-corrected chi connectivity index (χ1v) is 20.7. The van der Waals surface area contributed by atoms with Crippen LogP contribution in [-0.2, 0) is 22.5 Å². The van der Waals surface area contributed by atoms with E-state index in [9.17, 15) is 14.7 Å². The number of aromatic nitrogens is 1. The summed E-state index contributed by atoms with van der Waals surface area (Å²) >= 11 is 0. The Balaban J connectivity index is 1.15. The number of allylic oxidation sites excluding steroid dienone is 1. The van der Waals surface area contributed by atoms with Crippen LogP contribution in [0.5, 0.6) is 11.5 Å². The molecule has 3 N–H and O–H groups in total. The first-order valence-electron chi connectivity index (χ1n) is 20.7. The molecule has 0 atom stereocenters. The summed E-state index contributed by atoms with van der Waals surface area (Å²) in [6.45, 7) is 11.4. The maximum atomic E-state index is 13.3. The van der Waals surface area contributed by atoms with E-state index in [4.69, 9.17) is 24.9 Å². The number of ether oxygens (including phenoxy) is 3. The Morgan fingerprint density at radius 2 is 1.56 bits per heavy atom. The average molecular weight is 801 g/mol. The molecule has 3 heterocycles. The number of carboxylic acids is 1. The van der Waals surface area contributed by atoms with E-state index in [-0.39, 0.29) is 18.2 Å². The molecule has 1 amide bonds. The number of piperazine rings is 1. The van der Waals surface area contributed by atoms with Crippen molar-refractivity contribution in [1.82, 2.24) is 14.4 Å². The first kappa shape index (κ1) is 41.3. The van der Waals surface area contributed by atoms with Crippen molar-refractivity contribution >= 4 is 50.5 Å². The number of hydrogen-bond acceptors (Lipinski definition) is 9. The molecule has 1 aromatic heterocycles. The van der Waals surface area contributed by atoms with Gasteiger partial charge < -0.3 is 39.4 Å². The van der Waals surface area contributed by atoms with Gasteiger partial charge in [-0.2, -0.15) is 0 Å². The quantitative estimate of drug-likeness (QED) is 0.0823. The summed E-state index contributed by atoms with van der Waals surface area (Å²) in [5.74, 6) is 0.731. The van der Waals surface area contributed by atoms with Gasteiger partial charge in [0.2, 0.25) is 5.91 Å². The monoisotopic (exact) mass is 800 g/mol. The lowest BCUT2D eigenvalue weighted by atomic mass is 9.95. The second-order valence-corrected chi connectivity index (χ2v) is 15.1. The van der Waals surface area contributed by atoms with Crippen molar-refractivity contribution in [3.05, 3.63) is 107 Å². The van der Waals surface area contributed by atoms with Gasteiger partial charge in [-0.1, -0.05) is 61.5 Å². The van der Waals surface area contributed by atoms with Crippen LogP contribution in [0.1, 0.15) is 48.3 Å². The minimum absolute atomic E-state index is 0.159. The predicted octanol–water partition coefficient (Wildman–Crippen LogP) is 6.73. The molecule has 0 spiro atoms. The largest absolute Gasteiger partial charge is 0.493 e. The summed E-state index contributed by atoms with van der Waals surface area (Å²) in [7, 11) is 1.73. The highest BCUT2D eigenvalue weighted by molar-refractivity contribution is 6.28. The molecular formula is C47H56N6O6. The van der Waals surface area contributed by atoms with Gasteiger partial charge in [-0.3, -0.25) is 14.7 Å². The maximum absolute atomic E-state index is 13.3. The van der Waals surface area contributed by atoms with Gasteiger partial charge in [0.15, 0.2) is 0 Å². The Bertz CT molecular complexity index is 2310. The van der Waals surface area contributed by atoms with Gasteiger partial charge in [-0.05, 0) is 61.0 Å². The lowest BCUT2D eigenvalue weighted by Gasteiger charge is -2.36. The Hall–Kier alpha value is -5.85. The van der Waals surface area contributed by atoms with Gasteiger partial charge in [0.1, 0.15) is 23.8 Å². The van der Waals surface area contributed by atoms with Crippen LogP contribution in [0, 0.1) is 0 Å². The average Bonchev–Trinajstić information content (AvgIpc) is 3.59. The van der Waals surface area contributed by atoms with Gasteiger partial charge in [0.25, 0.3) is 0 Å². The number of para-hydroxylation sites is 1. The number of rotatable bonds is 16. The van der Waals surface area contributed by atoms with E-state index in [1.807, 2.05) is 90.0 Å². The number of nitrogens with zero attached hydrogens (tertiary/aromatic N) is 5. The van der Waals surface area contributed by atoms with Crippen LogP contribution in [0.15, 0.2) is 95.6 Å². The summed E-state index contributed by atoms with van der Waals surface area (Å²) in [6, 6.07) is 28.2. The molecule has 0 unspecified atom stereocenters. The lowest BCUT2D eigenvalue weighted by molar-refractivity contribution is -0.131. The topological polar surface area (TPSA) is 135 Å². The normalized spacial score (nSPS) is 15.7. The standard InChI is InChI=1S/C47H56N6O6/c1-4-43(54)52-24-22-51(23-25-52)35-17-19-36(20-18-35)59-32-41(49-3)44(33(2)48)40-14-8-13-38-39(15-9-29-58-42-16-7-11-34-10-5-6-12-37(34)42)46(47(55)56)53(45(38)40)26-21-50-27-30-57-31-28-50/h5-8,10-14,16-20H,4,9,15,21-32,48H2,1-3H3,(H,55,56)/b44-33-,49-41?. The molecule has 0 radical (unpaired) electrons. The van der Waals surface area contributed by atoms with Crippen LogP contribution in [0.3, 0.4) is 0 Å². The zero-order valence-corrected chi connectivity index (χ0v) is 34.5. The maximum Gasteiger partial charge on any atom is 0.352 e. The number of carboxylic acid groups (broad SMARTS) is 1. The van der Waals surface area contributed by atoms with Gasteiger partial charge in [0.05, 0.1) is 31.0 Å². The fourth-order valence-corrected chi connectivity index (χ4v) is 8.41. The third-order valence-corrected chi connectivity index (χ3v) is 11.4. The van der Waals surface area contributed by atoms with Crippen LogP contribution in [0.25, 0.3) is 27.2 Å². The molecule has 2 saturated heterocycles. The minimum atomic E-state index is -0.971. The number of aliphatic imine (C=N–C) groups is 1. The number of carbonyl (C=O) groups is 2. The molecule has 2 aliphatic heterocycles. The molecular weight excluding hydrogens is 745 g/mol. The van der Waals surface area contributed by atoms with Crippen molar-refractivity contribution in [3.8, 4) is 11.5 Å². The third-order valence-electron chi connectivity index (χ3n) is 11.4. The molecule has 0 saturated carbocycles. The fraction of sp³-hybridized carbons (Fsp3) is 0.383. The van der Waals surface area contributed by atoms with Gasteiger partial charge in [-0.25, -0.2) is 4.79 Å². The van der Waals surface area contributed by atoms with Crippen LogP contribution < -0.4 is 20.1 Å². The van der Waals surface area contributed by atoms with Crippen molar-refractivity contribution < 1.29 is 28.9 Å². The second-order valence-electron chi connectivity index (χ2n) is 15.1. The molecule has 12 heteroatoms. The number of carbonyl (C=O) groups excluding carboxylic acids is 1.